The van der Waals surface area contributed by atoms with Crippen LogP contribution in [0.3, 0.4) is 0 Å². The molecule has 0 spiro atoms. The molecule has 0 radical (unpaired) electrons. The van der Waals surface area contributed by atoms with Gasteiger partial charge in [-0.3, -0.25) is 20.4 Å². The van der Waals surface area contributed by atoms with Crippen LogP contribution < -0.4 is 20.3 Å². The summed E-state index contributed by atoms with van der Waals surface area (Å²) in [6, 6.07) is 9.61. The number of carbonyl (C=O) groups excluding carboxylic acids is 2. The number of hydrogen-bond donors (Lipinski definition) is 2. The van der Waals surface area contributed by atoms with Crippen LogP contribution in [0.4, 0.5) is 0 Å². The highest BCUT2D eigenvalue weighted by Gasteiger charge is 2.13. The van der Waals surface area contributed by atoms with Crippen molar-refractivity contribution in [1.29, 1.82) is 0 Å². The molecule has 0 bridgehead atoms. The normalized spacial score (nSPS) is 10.4. The van der Waals surface area contributed by atoms with Crippen molar-refractivity contribution in [1.82, 2.24) is 10.9 Å². The third-order valence-corrected chi connectivity index (χ3v) is 4.06. The summed E-state index contributed by atoms with van der Waals surface area (Å²) in [6.45, 7) is 3.78. The van der Waals surface area contributed by atoms with Crippen LogP contribution in [-0.2, 0) is 11.2 Å². The summed E-state index contributed by atoms with van der Waals surface area (Å²) < 4.78 is 10.9. The first-order valence-corrected chi connectivity index (χ1v) is 8.93. The van der Waals surface area contributed by atoms with E-state index >= 15 is 0 Å². The van der Waals surface area contributed by atoms with E-state index in [1.165, 1.54) is 13.2 Å². The van der Waals surface area contributed by atoms with E-state index in [9.17, 15) is 9.59 Å². The predicted molar refractivity (Wildman–Crippen MR) is 105 cm³/mol. The lowest BCUT2D eigenvalue weighted by Crippen LogP contribution is -2.42. The second-order valence-electron chi connectivity index (χ2n) is 5.95. The molecule has 2 aromatic carbocycles. The number of ether oxygens (including phenoxy) is 2. The maximum atomic E-state index is 12.2. The van der Waals surface area contributed by atoms with Crippen LogP contribution in [0, 0.1) is 0 Å². The van der Waals surface area contributed by atoms with Gasteiger partial charge in [-0.2, -0.15) is 0 Å². The molecule has 8 heteroatoms. The fourth-order valence-electron chi connectivity index (χ4n) is 2.24. The molecule has 0 saturated heterocycles. The van der Waals surface area contributed by atoms with Crippen molar-refractivity contribution in [3.05, 3.63) is 57.6 Å². The van der Waals surface area contributed by atoms with Gasteiger partial charge in [0.25, 0.3) is 5.91 Å². The molecule has 0 aliphatic heterocycles. The molecule has 2 N–H and O–H groups in total. The molecule has 2 amide bonds. The Hall–Kier alpha value is -2.44. The van der Waals surface area contributed by atoms with Crippen molar-refractivity contribution in [3.63, 3.8) is 0 Å². The minimum Gasteiger partial charge on any atom is -0.493 e. The Morgan fingerprint density at radius 1 is 1.04 bits per heavy atom. The predicted octanol–water partition coefficient (Wildman–Crippen LogP) is 3.79. The summed E-state index contributed by atoms with van der Waals surface area (Å²) >= 11 is 11.9. The van der Waals surface area contributed by atoms with Crippen molar-refractivity contribution in [2.24, 2.45) is 0 Å². The van der Waals surface area contributed by atoms with E-state index in [0.29, 0.717) is 32.7 Å². The van der Waals surface area contributed by atoms with E-state index in [-0.39, 0.29) is 12.5 Å². The summed E-state index contributed by atoms with van der Waals surface area (Å²) in [5, 5.41) is 0.866. The molecule has 0 fully saturated rings. The Labute approximate surface area is 167 Å². The molecule has 0 heterocycles. The van der Waals surface area contributed by atoms with Gasteiger partial charge in [0.1, 0.15) is 0 Å². The monoisotopic (exact) mass is 410 g/mol. The van der Waals surface area contributed by atoms with Crippen LogP contribution in [0.25, 0.3) is 0 Å². The van der Waals surface area contributed by atoms with Crippen LogP contribution in [0.2, 0.25) is 10.0 Å². The molecule has 6 nitrogen and oxygen atoms in total. The number of halogens is 2. The SMILES string of the molecule is COc1cc(C(=O)NNC(=O)Cc2ccc(Cl)cc2Cl)ccc1OC(C)C. The molecule has 2 aromatic rings. The van der Waals surface area contributed by atoms with Gasteiger partial charge >= 0.3 is 0 Å². The second kappa shape index (κ2) is 9.48. The van der Waals surface area contributed by atoms with Gasteiger partial charge in [-0.25, -0.2) is 0 Å². The van der Waals surface area contributed by atoms with Gasteiger partial charge < -0.3 is 9.47 Å². The Bertz CT molecular complexity index is 840. The molecule has 144 valence electrons. The number of methoxy groups -OCH3 is 1. The van der Waals surface area contributed by atoms with Gasteiger partial charge in [-0.15, -0.1) is 0 Å². The number of hydrazine groups is 1. The molecular formula is C19H20Cl2N2O4. The maximum absolute atomic E-state index is 12.2. The number of amides is 2. The minimum absolute atomic E-state index is 0.000763. The van der Waals surface area contributed by atoms with Gasteiger partial charge in [-0.05, 0) is 49.7 Å². The molecule has 0 unspecified atom stereocenters. The summed E-state index contributed by atoms with van der Waals surface area (Å²) in [7, 11) is 1.49. The summed E-state index contributed by atoms with van der Waals surface area (Å²) in [5.41, 5.74) is 5.63. The van der Waals surface area contributed by atoms with E-state index in [4.69, 9.17) is 32.7 Å². The van der Waals surface area contributed by atoms with E-state index < -0.39 is 11.8 Å². The first kappa shape index (κ1) is 20.9. The van der Waals surface area contributed by atoms with E-state index in [1.54, 1.807) is 30.3 Å². The van der Waals surface area contributed by atoms with Crippen LogP contribution >= 0.6 is 23.2 Å². The molecule has 0 atom stereocenters. The minimum atomic E-state index is -0.486. The highest BCUT2D eigenvalue weighted by molar-refractivity contribution is 6.35. The zero-order valence-electron chi connectivity index (χ0n) is 15.1. The second-order valence-corrected chi connectivity index (χ2v) is 6.79. The van der Waals surface area contributed by atoms with Crippen LogP contribution in [0.15, 0.2) is 36.4 Å². The van der Waals surface area contributed by atoms with Crippen molar-refractivity contribution < 1.29 is 19.1 Å². The van der Waals surface area contributed by atoms with Crippen molar-refractivity contribution >= 4 is 35.0 Å². The van der Waals surface area contributed by atoms with Crippen molar-refractivity contribution in [2.45, 2.75) is 26.4 Å². The molecule has 0 saturated carbocycles. The zero-order chi connectivity index (χ0) is 20.0. The Morgan fingerprint density at radius 2 is 1.78 bits per heavy atom. The Morgan fingerprint density at radius 3 is 2.41 bits per heavy atom. The van der Waals surface area contributed by atoms with Gasteiger partial charge in [0.2, 0.25) is 5.91 Å². The number of benzene rings is 2. The quantitative estimate of drug-likeness (QED) is 0.710. The molecule has 2 rings (SSSR count). The van der Waals surface area contributed by atoms with Gasteiger partial charge in [0, 0.05) is 15.6 Å². The van der Waals surface area contributed by atoms with E-state index in [0.717, 1.165) is 0 Å². The Kier molecular flexibility index (Phi) is 7.33. The lowest BCUT2D eigenvalue weighted by Gasteiger charge is -2.14. The van der Waals surface area contributed by atoms with Crippen LogP contribution in [0.1, 0.15) is 29.8 Å². The fourth-order valence-corrected chi connectivity index (χ4v) is 2.72. The summed E-state index contributed by atoms with van der Waals surface area (Å²) in [4.78, 5) is 24.3. The summed E-state index contributed by atoms with van der Waals surface area (Å²) in [5.74, 6) is 0.0559. The lowest BCUT2D eigenvalue weighted by molar-refractivity contribution is -0.121. The molecule has 0 aliphatic rings. The van der Waals surface area contributed by atoms with Gasteiger partial charge in [0.05, 0.1) is 19.6 Å². The third kappa shape index (κ3) is 6.05. The molecule has 0 aliphatic carbocycles. The fraction of sp³-hybridized carbons (Fsp3) is 0.263. The van der Waals surface area contributed by atoms with Crippen LogP contribution in [0.5, 0.6) is 11.5 Å². The number of hydrogen-bond acceptors (Lipinski definition) is 4. The smallest absolute Gasteiger partial charge is 0.269 e. The average Bonchev–Trinajstić information content (AvgIpc) is 2.62. The molecular weight excluding hydrogens is 391 g/mol. The van der Waals surface area contributed by atoms with E-state index in [1.807, 2.05) is 13.8 Å². The highest BCUT2D eigenvalue weighted by Crippen LogP contribution is 2.29. The number of rotatable bonds is 6. The van der Waals surface area contributed by atoms with Crippen molar-refractivity contribution in [2.75, 3.05) is 7.11 Å². The Balaban J connectivity index is 1.97. The average molecular weight is 411 g/mol. The van der Waals surface area contributed by atoms with E-state index in [2.05, 4.69) is 10.9 Å². The highest BCUT2D eigenvalue weighted by atomic mass is 35.5. The van der Waals surface area contributed by atoms with Crippen molar-refractivity contribution in [3.8, 4) is 11.5 Å². The summed E-state index contributed by atoms with van der Waals surface area (Å²) in [6.07, 6.45) is -0.0293. The van der Waals surface area contributed by atoms with Crippen LogP contribution in [-0.4, -0.2) is 25.0 Å². The largest absolute Gasteiger partial charge is 0.493 e. The topological polar surface area (TPSA) is 76.7 Å². The first-order valence-electron chi connectivity index (χ1n) is 8.18. The van der Waals surface area contributed by atoms with Gasteiger partial charge in [0.15, 0.2) is 11.5 Å². The van der Waals surface area contributed by atoms with Gasteiger partial charge in [-0.1, -0.05) is 29.3 Å². The molecule has 0 aromatic heterocycles. The first-order chi connectivity index (χ1) is 12.8. The standard InChI is InChI=1S/C19H20Cl2N2O4/c1-11(2)27-16-7-5-13(8-17(16)26-3)19(25)23-22-18(24)9-12-4-6-14(20)10-15(12)21/h4-8,10-11H,9H2,1-3H3,(H,22,24)(H,23,25). The molecule has 27 heavy (non-hydrogen) atoms. The number of carbonyl (C=O) groups is 2. The zero-order valence-corrected chi connectivity index (χ0v) is 16.6. The lowest BCUT2D eigenvalue weighted by atomic mass is 10.1. The number of nitrogens with one attached hydrogen (secondary N) is 2. The third-order valence-electron chi connectivity index (χ3n) is 3.47. The maximum Gasteiger partial charge on any atom is 0.269 e.